The van der Waals surface area contributed by atoms with Gasteiger partial charge >= 0.3 is 0 Å². The average Bonchev–Trinajstić information content (AvgIpc) is 2.25. The third-order valence-electron chi connectivity index (χ3n) is 1.37. The molecule has 0 aliphatic carbocycles. The second-order valence-electron chi connectivity index (χ2n) is 2.42. The maximum atomic E-state index is 11.9. The topological polar surface area (TPSA) is 73.1 Å². The number of nitrogens with zero attached hydrogens (tertiary/aromatic N) is 2. The van der Waals surface area contributed by atoms with Gasteiger partial charge in [0.1, 0.15) is 5.82 Å². The second kappa shape index (κ2) is 5.66. The Balaban J connectivity index is 2.77. The molecule has 3 N–H and O–H groups in total. The van der Waals surface area contributed by atoms with Gasteiger partial charge in [-0.25, -0.2) is 19.6 Å². The molecule has 0 aliphatic heterocycles. The van der Waals surface area contributed by atoms with Crippen LogP contribution in [0.5, 0.6) is 5.88 Å². The molecule has 1 aromatic heterocycles. The van der Waals surface area contributed by atoms with Crippen LogP contribution >= 0.6 is 11.8 Å². The average molecular weight is 236 g/mol. The largest absolute Gasteiger partial charge is 0.471 e. The summed E-state index contributed by atoms with van der Waals surface area (Å²) in [5.41, 5.74) is 2.30. The van der Waals surface area contributed by atoms with Crippen molar-refractivity contribution in [2.75, 3.05) is 18.3 Å². The Bertz CT molecular complexity index is 304. The van der Waals surface area contributed by atoms with Crippen LogP contribution in [0.2, 0.25) is 0 Å². The summed E-state index contributed by atoms with van der Waals surface area (Å²) in [5.74, 6) is 5.54. The van der Waals surface area contributed by atoms with Crippen molar-refractivity contribution in [3.63, 3.8) is 0 Å². The zero-order chi connectivity index (χ0) is 11.3. The Morgan fingerprint density at radius 1 is 1.60 bits per heavy atom. The van der Waals surface area contributed by atoms with Crippen LogP contribution in [0.1, 0.15) is 0 Å². The first-order valence-electron chi connectivity index (χ1n) is 3.96. The molecule has 0 saturated carbocycles. The minimum atomic E-state index is -2.54. The number of rotatable bonds is 5. The predicted molar refractivity (Wildman–Crippen MR) is 53.1 cm³/mol. The van der Waals surface area contributed by atoms with Crippen molar-refractivity contribution in [1.29, 1.82) is 0 Å². The number of anilines is 1. The number of alkyl halides is 2. The number of halogens is 2. The number of hydrazine groups is 1. The first-order chi connectivity index (χ1) is 7.15. The van der Waals surface area contributed by atoms with E-state index in [0.717, 1.165) is 0 Å². The van der Waals surface area contributed by atoms with Crippen molar-refractivity contribution in [2.45, 2.75) is 11.6 Å². The van der Waals surface area contributed by atoms with E-state index in [9.17, 15) is 8.78 Å². The van der Waals surface area contributed by atoms with E-state index in [0.29, 0.717) is 11.0 Å². The lowest BCUT2D eigenvalue weighted by molar-refractivity contribution is 0.0792. The highest BCUT2D eigenvalue weighted by molar-refractivity contribution is 7.98. The Hall–Kier alpha value is -1.15. The molecule has 0 saturated heterocycles. The number of nitrogens with one attached hydrogen (secondary N) is 1. The monoisotopic (exact) mass is 236 g/mol. The number of hydrogen-bond donors (Lipinski definition) is 2. The van der Waals surface area contributed by atoms with E-state index in [-0.39, 0.29) is 5.88 Å². The quantitative estimate of drug-likeness (QED) is 0.345. The maximum Gasteiger partial charge on any atom is 0.272 e. The SMILES string of the molecule is CSc1nc(NN)cc(OCC(F)F)n1. The summed E-state index contributed by atoms with van der Waals surface area (Å²) in [6.07, 6.45) is -0.779. The Labute approximate surface area is 89.4 Å². The number of nitrogen functional groups attached to an aromatic ring is 1. The molecule has 5 nitrogen and oxygen atoms in total. The van der Waals surface area contributed by atoms with Crippen LogP contribution in [0, 0.1) is 0 Å². The van der Waals surface area contributed by atoms with Crippen molar-refractivity contribution < 1.29 is 13.5 Å². The molecule has 0 aliphatic rings. The molecular weight excluding hydrogens is 226 g/mol. The Morgan fingerprint density at radius 3 is 2.87 bits per heavy atom. The third-order valence-corrected chi connectivity index (χ3v) is 1.92. The number of thioether (sulfide) groups is 1. The minimum Gasteiger partial charge on any atom is -0.471 e. The molecule has 0 aromatic carbocycles. The molecular formula is C7H10F2N4OS. The minimum absolute atomic E-state index is 0.0719. The molecule has 0 fully saturated rings. The van der Waals surface area contributed by atoms with Crippen molar-refractivity contribution >= 4 is 17.6 Å². The lowest BCUT2D eigenvalue weighted by Crippen LogP contribution is -2.12. The molecule has 0 spiro atoms. The van der Waals surface area contributed by atoms with Gasteiger partial charge in [0.15, 0.2) is 11.8 Å². The van der Waals surface area contributed by atoms with Gasteiger partial charge in [0.25, 0.3) is 6.43 Å². The Kier molecular flexibility index (Phi) is 4.50. The van der Waals surface area contributed by atoms with Crippen molar-refractivity contribution in [3.05, 3.63) is 6.07 Å². The van der Waals surface area contributed by atoms with E-state index in [1.807, 2.05) is 0 Å². The smallest absolute Gasteiger partial charge is 0.272 e. The van der Waals surface area contributed by atoms with Crippen LogP contribution in [0.15, 0.2) is 11.2 Å². The Morgan fingerprint density at radius 2 is 2.33 bits per heavy atom. The van der Waals surface area contributed by atoms with E-state index in [1.165, 1.54) is 17.8 Å². The zero-order valence-corrected chi connectivity index (χ0v) is 8.72. The van der Waals surface area contributed by atoms with Gasteiger partial charge in [-0.3, -0.25) is 0 Å². The highest BCUT2D eigenvalue weighted by Crippen LogP contribution is 2.18. The van der Waals surface area contributed by atoms with Gasteiger partial charge < -0.3 is 10.2 Å². The van der Waals surface area contributed by atoms with Gasteiger partial charge in [-0.1, -0.05) is 11.8 Å². The molecule has 84 valence electrons. The van der Waals surface area contributed by atoms with Gasteiger partial charge in [-0.05, 0) is 6.26 Å². The molecule has 0 amide bonds. The molecule has 1 heterocycles. The van der Waals surface area contributed by atoms with Crippen LogP contribution in [0.25, 0.3) is 0 Å². The summed E-state index contributed by atoms with van der Waals surface area (Å²) in [6, 6.07) is 1.35. The van der Waals surface area contributed by atoms with Crippen molar-refractivity contribution in [1.82, 2.24) is 9.97 Å². The van der Waals surface area contributed by atoms with Crippen LogP contribution in [-0.4, -0.2) is 29.3 Å². The summed E-state index contributed by atoms with van der Waals surface area (Å²) in [6.45, 7) is -0.700. The van der Waals surface area contributed by atoms with Crippen molar-refractivity contribution in [3.8, 4) is 5.88 Å². The summed E-state index contributed by atoms with van der Waals surface area (Å²) < 4.78 is 28.5. The number of ether oxygens (including phenoxy) is 1. The maximum absolute atomic E-state index is 11.9. The van der Waals surface area contributed by atoms with E-state index in [4.69, 9.17) is 10.6 Å². The molecule has 0 unspecified atom stereocenters. The fraction of sp³-hybridized carbons (Fsp3) is 0.429. The molecule has 8 heteroatoms. The number of aromatic nitrogens is 2. The van der Waals surface area contributed by atoms with Gasteiger partial charge in [0, 0.05) is 6.07 Å². The van der Waals surface area contributed by atoms with Gasteiger partial charge in [0.2, 0.25) is 5.88 Å². The molecule has 0 radical (unpaired) electrons. The fourth-order valence-electron chi connectivity index (χ4n) is 0.791. The second-order valence-corrected chi connectivity index (χ2v) is 3.20. The normalized spacial score (nSPS) is 10.5. The summed E-state index contributed by atoms with van der Waals surface area (Å²) >= 11 is 1.26. The first-order valence-corrected chi connectivity index (χ1v) is 5.19. The van der Waals surface area contributed by atoms with E-state index < -0.39 is 13.0 Å². The van der Waals surface area contributed by atoms with E-state index in [1.54, 1.807) is 6.26 Å². The van der Waals surface area contributed by atoms with Crippen molar-refractivity contribution in [2.24, 2.45) is 5.84 Å². The first kappa shape index (κ1) is 11.9. The third kappa shape index (κ3) is 3.84. The van der Waals surface area contributed by atoms with Gasteiger partial charge in [-0.2, -0.15) is 4.98 Å². The standard InChI is InChI=1S/C7H10F2N4OS/c1-15-7-11-5(13-10)2-6(12-7)14-3-4(8)9/h2,4H,3,10H2,1H3,(H,11,12,13). The predicted octanol–water partition coefficient (Wildman–Crippen LogP) is 1.13. The number of hydrogen-bond acceptors (Lipinski definition) is 6. The fourth-order valence-corrected chi connectivity index (χ4v) is 1.16. The van der Waals surface area contributed by atoms with Gasteiger partial charge in [-0.15, -0.1) is 0 Å². The van der Waals surface area contributed by atoms with Crippen LogP contribution in [0.4, 0.5) is 14.6 Å². The van der Waals surface area contributed by atoms with Crippen LogP contribution in [-0.2, 0) is 0 Å². The van der Waals surface area contributed by atoms with Gasteiger partial charge in [0.05, 0.1) is 0 Å². The molecule has 15 heavy (non-hydrogen) atoms. The van der Waals surface area contributed by atoms with Crippen LogP contribution < -0.4 is 16.0 Å². The summed E-state index contributed by atoms with van der Waals surface area (Å²) in [7, 11) is 0. The zero-order valence-electron chi connectivity index (χ0n) is 7.91. The molecule has 1 rings (SSSR count). The highest BCUT2D eigenvalue weighted by Gasteiger charge is 2.07. The van der Waals surface area contributed by atoms with E-state index in [2.05, 4.69) is 15.4 Å². The molecule has 0 atom stereocenters. The highest BCUT2D eigenvalue weighted by atomic mass is 32.2. The molecule has 1 aromatic rings. The summed E-state index contributed by atoms with van der Waals surface area (Å²) in [5, 5.41) is 0.398. The summed E-state index contributed by atoms with van der Waals surface area (Å²) in [4.78, 5) is 7.82. The van der Waals surface area contributed by atoms with Crippen LogP contribution in [0.3, 0.4) is 0 Å². The number of nitrogens with two attached hydrogens (primary N) is 1. The lowest BCUT2D eigenvalue weighted by Gasteiger charge is -2.07. The molecule has 0 bridgehead atoms. The van der Waals surface area contributed by atoms with E-state index >= 15 is 0 Å². The lowest BCUT2D eigenvalue weighted by atomic mass is 10.5.